The van der Waals surface area contributed by atoms with E-state index in [4.69, 9.17) is 0 Å². The van der Waals surface area contributed by atoms with Crippen molar-refractivity contribution in [2.75, 3.05) is 23.3 Å². The van der Waals surface area contributed by atoms with Gasteiger partial charge in [-0.05, 0) is 19.9 Å². The van der Waals surface area contributed by atoms with E-state index in [2.05, 4.69) is 20.5 Å². The van der Waals surface area contributed by atoms with Gasteiger partial charge in [-0.25, -0.2) is 18.2 Å². The van der Waals surface area contributed by atoms with Crippen LogP contribution in [-0.4, -0.2) is 39.0 Å². The average molecular weight is 403 g/mol. The van der Waals surface area contributed by atoms with Crippen molar-refractivity contribution < 1.29 is 18.3 Å². The van der Waals surface area contributed by atoms with Crippen LogP contribution in [-0.2, 0) is 6.54 Å². The third-order valence-electron chi connectivity index (χ3n) is 5.01. The maximum atomic E-state index is 14.3. The molecule has 1 fully saturated rings. The van der Waals surface area contributed by atoms with Crippen molar-refractivity contribution >= 4 is 22.4 Å². The molecule has 0 aliphatic carbocycles. The molecule has 1 saturated heterocycles. The summed E-state index contributed by atoms with van der Waals surface area (Å²) in [4.78, 5) is 6.37. The van der Waals surface area contributed by atoms with Gasteiger partial charge < -0.3 is 15.3 Å². The van der Waals surface area contributed by atoms with E-state index in [1.54, 1.807) is 20.0 Å². The Morgan fingerprint density at radius 3 is 2.69 bits per heavy atom. The molecule has 0 unspecified atom stereocenters. The molecule has 0 bridgehead atoms. The number of β-amino-alcohol motifs (C(OH)–C–C–N with tert-alkyl or cyclic N) is 1. The number of aryl methyl sites for hydroxylation is 1. The Labute approximate surface area is 165 Å². The van der Waals surface area contributed by atoms with Gasteiger partial charge in [0.05, 0.1) is 16.9 Å². The molecule has 9 heteroatoms. The quantitative estimate of drug-likeness (QED) is 0.678. The van der Waals surface area contributed by atoms with Crippen LogP contribution in [0.4, 0.5) is 24.8 Å². The van der Waals surface area contributed by atoms with E-state index in [0.29, 0.717) is 30.4 Å². The van der Waals surface area contributed by atoms with Crippen molar-refractivity contribution in [3.05, 3.63) is 53.1 Å². The maximum absolute atomic E-state index is 14.3. The maximum Gasteiger partial charge on any atom is 0.266 e. The van der Waals surface area contributed by atoms with Crippen LogP contribution in [0.5, 0.6) is 0 Å². The van der Waals surface area contributed by atoms with E-state index in [1.807, 2.05) is 11.0 Å². The molecular weight excluding hydrogens is 383 g/mol. The first-order chi connectivity index (χ1) is 13.7. The zero-order valence-electron chi connectivity index (χ0n) is 16.0. The molecule has 3 heterocycles. The summed E-state index contributed by atoms with van der Waals surface area (Å²) >= 11 is 0. The molecule has 3 aromatic rings. The van der Waals surface area contributed by atoms with Crippen LogP contribution in [0.3, 0.4) is 0 Å². The number of fused-ring (bicyclic) bond motifs is 1. The second-order valence-electron chi connectivity index (χ2n) is 7.55. The van der Waals surface area contributed by atoms with Gasteiger partial charge in [-0.1, -0.05) is 18.2 Å². The Morgan fingerprint density at radius 2 is 2.00 bits per heavy atom. The molecule has 29 heavy (non-hydrogen) atoms. The van der Waals surface area contributed by atoms with Crippen molar-refractivity contribution in [3.63, 3.8) is 0 Å². The third-order valence-corrected chi connectivity index (χ3v) is 5.01. The summed E-state index contributed by atoms with van der Waals surface area (Å²) in [6.07, 6.45) is -1.19. The van der Waals surface area contributed by atoms with Crippen molar-refractivity contribution in [1.29, 1.82) is 0 Å². The fraction of sp³-hybridized carbons (Fsp3) is 0.350. The number of rotatable bonds is 5. The highest BCUT2D eigenvalue weighted by Crippen LogP contribution is 2.31. The number of nitrogens with one attached hydrogen (secondary N) is 1. The Bertz CT molecular complexity index is 1070. The number of alkyl halides is 2. The zero-order valence-corrected chi connectivity index (χ0v) is 16.0. The average Bonchev–Trinajstić information content (AvgIpc) is 2.66. The van der Waals surface area contributed by atoms with Gasteiger partial charge >= 0.3 is 0 Å². The van der Waals surface area contributed by atoms with Crippen molar-refractivity contribution in [2.45, 2.75) is 32.4 Å². The second kappa shape index (κ2) is 7.14. The number of aliphatic hydroxyl groups is 1. The van der Waals surface area contributed by atoms with Gasteiger partial charge in [0, 0.05) is 42.2 Å². The van der Waals surface area contributed by atoms with E-state index in [0.717, 1.165) is 16.8 Å². The van der Waals surface area contributed by atoms with Crippen LogP contribution >= 0.6 is 0 Å². The number of nitrogens with zero attached hydrogens (tertiary/aromatic N) is 4. The molecular formula is C20H20F3N5O. The van der Waals surface area contributed by atoms with E-state index in [1.165, 1.54) is 12.1 Å². The fourth-order valence-electron chi connectivity index (χ4n) is 3.49. The first kappa shape index (κ1) is 19.4. The fourth-order valence-corrected chi connectivity index (χ4v) is 3.49. The lowest BCUT2D eigenvalue weighted by molar-refractivity contribution is 0.0305. The largest absolute Gasteiger partial charge is 0.386 e. The molecule has 1 aliphatic heterocycles. The predicted octanol–water partition coefficient (Wildman–Crippen LogP) is 3.59. The molecule has 6 nitrogen and oxygen atoms in total. The standard InChI is InChI=1S/C20H20F3N5O/c1-11-15-8-24-16(28-9-20(2,29)10-28)6-14(15)19(27-26-11)25-7-12-4-3-5-13(17(12)21)18(22)23/h3-6,8,18,29H,7,9-10H2,1-2H3,(H,25,27). The summed E-state index contributed by atoms with van der Waals surface area (Å²) in [5, 5.41) is 22.7. The Kier molecular flexibility index (Phi) is 4.77. The molecule has 0 saturated carbocycles. The van der Waals surface area contributed by atoms with E-state index in [-0.39, 0.29) is 12.1 Å². The van der Waals surface area contributed by atoms with Gasteiger partial charge in [0.2, 0.25) is 0 Å². The predicted molar refractivity (Wildman–Crippen MR) is 104 cm³/mol. The highest BCUT2D eigenvalue weighted by atomic mass is 19.3. The number of pyridine rings is 1. The van der Waals surface area contributed by atoms with Crippen LogP contribution in [0.1, 0.15) is 30.2 Å². The normalized spacial score (nSPS) is 15.6. The minimum atomic E-state index is -2.88. The van der Waals surface area contributed by atoms with Crippen LogP contribution in [0.25, 0.3) is 10.8 Å². The van der Waals surface area contributed by atoms with Gasteiger partial charge in [-0.15, -0.1) is 5.10 Å². The van der Waals surface area contributed by atoms with Gasteiger partial charge in [0.1, 0.15) is 11.6 Å². The molecule has 0 spiro atoms. The molecule has 0 amide bonds. The van der Waals surface area contributed by atoms with Crippen molar-refractivity contribution in [1.82, 2.24) is 15.2 Å². The molecule has 2 N–H and O–H groups in total. The molecule has 4 rings (SSSR count). The second-order valence-corrected chi connectivity index (χ2v) is 7.55. The number of aromatic nitrogens is 3. The highest BCUT2D eigenvalue weighted by molar-refractivity contribution is 5.94. The summed E-state index contributed by atoms with van der Waals surface area (Å²) in [5.74, 6) is 0.165. The molecule has 1 aromatic carbocycles. The van der Waals surface area contributed by atoms with Crippen molar-refractivity contribution in [3.8, 4) is 0 Å². The molecule has 0 radical (unpaired) electrons. The van der Waals surface area contributed by atoms with Crippen molar-refractivity contribution in [2.24, 2.45) is 0 Å². The third kappa shape index (κ3) is 3.69. The smallest absolute Gasteiger partial charge is 0.266 e. The van der Waals surface area contributed by atoms with E-state index >= 15 is 0 Å². The van der Waals surface area contributed by atoms with Gasteiger partial charge in [0.15, 0.2) is 5.82 Å². The summed E-state index contributed by atoms with van der Waals surface area (Å²) in [6, 6.07) is 5.76. The lowest BCUT2D eigenvalue weighted by Crippen LogP contribution is -2.60. The lowest BCUT2D eigenvalue weighted by atomic mass is 9.97. The number of anilines is 2. The Morgan fingerprint density at radius 1 is 1.24 bits per heavy atom. The summed E-state index contributed by atoms with van der Waals surface area (Å²) in [5.41, 5.74) is -0.560. The first-order valence-corrected chi connectivity index (χ1v) is 9.15. The van der Waals surface area contributed by atoms with Crippen LogP contribution < -0.4 is 10.2 Å². The van der Waals surface area contributed by atoms with Gasteiger partial charge in [0.25, 0.3) is 6.43 Å². The monoisotopic (exact) mass is 403 g/mol. The first-order valence-electron chi connectivity index (χ1n) is 9.15. The number of hydrogen-bond donors (Lipinski definition) is 2. The molecule has 0 atom stereocenters. The molecule has 2 aromatic heterocycles. The van der Waals surface area contributed by atoms with Crippen LogP contribution in [0.2, 0.25) is 0 Å². The van der Waals surface area contributed by atoms with Crippen LogP contribution in [0, 0.1) is 12.7 Å². The number of benzene rings is 1. The van der Waals surface area contributed by atoms with Gasteiger partial charge in [-0.3, -0.25) is 0 Å². The molecule has 1 aliphatic rings. The van der Waals surface area contributed by atoms with Crippen LogP contribution in [0.15, 0.2) is 30.5 Å². The minimum Gasteiger partial charge on any atom is -0.386 e. The number of halogens is 3. The SMILES string of the molecule is Cc1nnc(NCc2cccc(C(F)F)c2F)c2cc(N3CC(C)(O)C3)ncc12. The minimum absolute atomic E-state index is 0.0185. The zero-order chi connectivity index (χ0) is 20.8. The summed E-state index contributed by atoms with van der Waals surface area (Å²) < 4.78 is 40.2. The topological polar surface area (TPSA) is 74.2 Å². The highest BCUT2D eigenvalue weighted by Gasteiger charge is 2.37. The lowest BCUT2D eigenvalue weighted by Gasteiger charge is -2.45. The molecule has 152 valence electrons. The summed E-state index contributed by atoms with van der Waals surface area (Å²) in [6.45, 7) is 4.49. The Hall–Kier alpha value is -2.94. The summed E-state index contributed by atoms with van der Waals surface area (Å²) in [7, 11) is 0. The van der Waals surface area contributed by atoms with E-state index < -0.39 is 23.4 Å². The van der Waals surface area contributed by atoms with Gasteiger partial charge in [-0.2, -0.15) is 5.10 Å². The Balaban J connectivity index is 1.64. The van der Waals surface area contributed by atoms with E-state index in [9.17, 15) is 18.3 Å². The number of hydrogen-bond acceptors (Lipinski definition) is 6.